The largest absolute Gasteiger partial charge is 0.338 e. The molecule has 4 aromatic rings. The van der Waals surface area contributed by atoms with Crippen molar-refractivity contribution in [2.24, 2.45) is 0 Å². The van der Waals surface area contributed by atoms with Crippen LogP contribution in [0.5, 0.6) is 0 Å². The van der Waals surface area contributed by atoms with E-state index >= 15 is 0 Å². The van der Waals surface area contributed by atoms with Gasteiger partial charge in [-0.25, -0.2) is 0 Å². The highest BCUT2D eigenvalue weighted by atomic mass is 32.2. The second-order valence-electron chi connectivity index (χ2n) is 7.38. The molecule has 0 bridgehead atoms. The number of hydrogen-bond donors (Lipinski definition) is 0. The Bertz CT molecular complexity index is 1090. The fourth-order valence-corrected chi connectivity index (χ4v) is 3.70. The third kappa shape index (κ3) is 4.76. The maximum atomic E-state index is 5.39. The Hall–Kier alpha value is -2.99. The number of aryl methyl sites for hydroxylation is 1. The fraction of sp³-hybridized carbons (Fsp3) is 0.250. The van der Waals surface area contributed by atoms with Gasteiger partial charge in [0.25, 0.3) is 0 Å². The van der Waals surface area contributed by atoms with Gasteiger partial charge in [-0.15, -0.1) is 10.2 Å². The zero-order valence-electron chi connectivity index (χ0n) is 17.4. The van der Waals surface area contributed by atoms with E-state index in [1.807, 2.05) is 24.3 Å². The molecule has 0 amide bonds. The van der Waals surface area contributed by atoms with Crippen molar-refractivity contribution in [2.45, 2.75) is 43.9 Å². The maximum absolute atomic E-state index is 5.39. The average Bonchev–Trinajstić information content (AvgIpc) is 3.27. The Morgan fingerprint density at radius 1 is 0.867 bits per heavy atom. The van der Waals surface area contributed by atoms with E-state index in [1.165, 1.54) is 22.9 Å². The number of rotatable bonds is 7. The standard InChI is InChI=1S/C24H24N4OS/c1-4-17-5-7-20(8-6-17)24-25-22(29-28-24)15-30-23-14-13-21(26-27-23)19-11-9-18(10-12-19)16(2)3/h5-14,16H,4,15H2,1-3H3. The van der Waals surface area contributed by atoms with E-state index in [1.54, 1.807) is 0 Å². The molecule has 152 valence electrons. The van der Waals surface area contributed by atoms with E-state index in [4.69, 9.17) is 4.52 Å². The minimum Gasteiger partial charge on any atom is -0.338 e. The highest BCUT2D eigenvalue weighted by Gasteiger charge is 2.10. The summed E-state index contributed by atoms with van der Waals surface area (Å²) in [6.45, 7) is 6.51. The summed E-state index contributed by atoms with van der Waals surface area (Å²) in [6, 6.07) is 20.7. The van der Waals surface area contributed by atoms with Crippen molar-refractivity contribution in [2.75, 3.05) is 0 Å². The van der Waals surface area contributed by atoms with Crippen LogP contribution in [0.3, 0.4) is 0 Å². The van der Waals surface area contributed by atoms with E-state index in [-0.39, 0.29) is 0 Å². The summed E-state index contributed by atoms with van der Waals surface area (Å²) < 4.78 is 5.39. The van der Waals surface area contributed by atoms with E-state index in [2.05, 4.69) is 77.5 Å². The van der Waals surface area contributed by atoms with Gasteiger partial charge in [0, 0.05) is 11.1 Å². The minimum atomic E-state index is 0.518. The second kappa shape index (κ2) is 9.22. The summed E-state index contributed by atoms with van der Waals surface area (Å²) in [7, 11) is 0. The Balaban J connectivity index is 1.38. The first-order valence-electron chi connectivity index (χ1n) is 10.1. The van der Waals surface area contributed by atoms with Crippen LogP contribution in [0.4, 0.5) is 0 Å². The van der Waals surface area contributed by atoms with Gasteiger partial charge in [0.2, 0.25) is 11.7 Å². The molecular formula is C24H24N4OS. The molecule has 6 heteroatoms. The highest BCUT2D eigenvalue weighted by Crippen LogP contribution is 2.25. The molecule has 0 fully saturated rings. The Kier molecular flexibility index (Phi) is 6.23. The Morgan fingerprint density at radius 3 is 2.23 bits per heavy atom. The quantitative estimate of drug-likeness (QED) is 0.336. The van der Waals surface area contributed by atoms with Crippen molar-refractivity contribution < 1.29 is 4.52 Å². The molecule has 0 saturated heterocycles. The predicted molar refractivity (Wildman–Crippen MR) is 120 cm³/mol. The van der Waals surface area contributed by atoms with E-state index in [9.17, 15) is 0 Å². The first-order valence-corrected chi connectivity index (χ1v) is 11.1. The van der Waals surface area contributed by atoms with E-state index < -0.39 is 0 Å². The zero-order valence-corrected chi connectivity index (χ0v) is 18.2. The lowest BCUT2D eigenvalue weighted by Crippen LogP contribution is -1.91. The van der Waals surface area contributed by atoms with Crippen LogP contribution in [0.15, 0.2) is 70.2 Å². The van der Waals surface area contributed by atoms with Gasteiger partial charge < -0.3 is 4.52 Å². The number of nitrogens with zero attached hydrogens (tertiary/aromatic N) is 4. The fourth-order valence-electron chi connectivity index (χ4n) is 3.05. The van der Waals surface area contributed by atoms with Gasteiger partial charge in [0.05, 0.1) is 11.4 Å². The molecule has 0 saturated carbocycles. The molecule has 30 heavy (non-hydrogen) atoms. The topological polar surface area (TPSA) is 64.7 Å². The van der Waals surface area contributed by atoms with Crippen LogP contribution >= 0.6 is 11.8 Å². The van der Waals surface area contributed by atoms with Crippen molar-refractivity contribution in [3.63, 3.8) is 0 Å². The monoisotopic (exact) mass is 416 g/mol. The summed E-state index contributed by atoms with van der Waals surface area (Å²) >= 11 is 1.53. The Morgan fingerprint density at radius 2 is 1.60 bits per heavy atom. The van der Waals surface area contributed by atoms with E-state index in [0.29, 0.717) is 23.4 Å². The third-order valence-corrected chi connectivity index (χ3v) is 5.85. The summed E-state index contributed by atoms with van der Waals surface area (Å²) in [6.07, 6.45) is 1.01. The third-order valence-electron chi connectivity index (χ3n) is 4.95. The second-order valence-corrected chi connectivity index (χ2v) is 8.38. The van der Waals surface area contributed by atoms with Crippen LogP contribution in [0.25, 0.3) is 22.6 Å². The van der Waals surface area contributed by atoms with Crippen molar-refractivity contribution in [1.82, 2.24) is 20.3 Å². The van der Waals surface area contributed by atoms with Crippen LogP contribution in [0.2, 0.25) is 0 Å². The molecule has 0 unspecified atom stereocenters. The van der Waals surface area contributed by atoms with Crippen molar-refractivity contribution in [3.05, 3.63) is 77.7 Å². The number of thioether (sulfide) groups is 1. The zero-order chi connectivity index (χ0) is 20.9. The predicted octanol–water partition coefficient (Wildman–Crippen LogP) is 6.17. The van der Waals surface area contributed by atoms with Gasteiger partial charge in [0.15, 0.2) is 0 Å². The lowest BCUT2D eigenvalue weighted by atomic mass is 10.0. The van der Waals surface area contributed by atoms with Crippen LogP contribution in [0.1, 0.15) is 43.7 Å². The maximum Gasteiger partial charge on any atom is 0.237 e. The van der Waals surface area contributed by atoms with Crippen molar-refractivity contribution >= 4 is 11.8 Å². The average molecular weight is 417 g/mol. The molecule has 0 N–H and O–H groups in total. The van der Waals surface area contributed by atoms with Gasteiger partial charge in [-0.1, -0.05) is 86.2 Å². The molecule has 0 radical (unpaired) electrons. The van der Waals surface area contributed by atoms with Crippen LogP contribution in [-0.2, 0) is 12.2 Å². The van der Waals surface area contributed by atoms with Gasteiger partial charge in [-0.3, -0.25) is 0 Å². The normalized spacial score (nSPS) is 11.2. The van der Waals surface area contributed by atoms with Gasteiger partial charge in [-0.05, 0) is 35.6 Å². The number of benzene rings is 2. The van der Waals surface area contributed by atoms with Gasteiger partial charge in [-0.2, -0.15) is 4.98 Å². The summed E-state index contributed by atoms with van der Waals surface area (Å²) in [4.78, 5) is 4.49. The molecule has 4 rings (SSSR count). The smallest absolute Gasteiger partial charge is 0.237 e. The molecule has 2 heterocycles. The van der Waals surface area contributed by atoms with Crippen molar-refractivity contribution in [3.8, 4) is 22.6 Å². The molecule has 2 aromatic heterocycles. The van der Waals surface area contributed by atoms with E-state index in [0.717, 1.165) is 28.3 Å². The first kappa shape index (κ1) is 20.3. The first-order chi connectivity index (χ1) is 14.6. The van der Waals surface area contributed by atoms with Crippen molar-refractivity contribution in [1.29, 1.82) is 0 Å². The van der Waals surface area contributed by atoms with Crippen LogP contribution < -0.4 is 0 Å². The highest BCUT2D eigenvalue weighted by molar-refractivity contribution is 7.98. The molecule has 5 nitrogen and oxygen atoms in total. The molecule has 0 aliphatic carbocycles. The molecular weight excluding hydrogens is 392 g/mol. The number of hydrogen-bond acceptors (Lipinski definition) is 6. The molecule has 0 atom stereocenters. The SMILES string of the molecule is CCc1ccc(-c2noc(CSc3ccc(-c4ccc(C(C)C)cc4)nn3)n2)cc1. The Labute approximate surface area is 181 Å². The molecule has 0 spiro atoms. The molecule has 2 aromatic carbocycles. The van der Waals surface area contributed by atoms with Gasteiger partial charge >= 0.3 is 0 Å². The molecule has 0 aliphatic heterocycles. The van der Waals surface area contributed by atoms with Crippen LogP contribution in [0, 0.1) is 0 Å². The van der Waals surface area contributed by atoms with Gasteiger partial charge in [0.1, 0.15) is 5.03 Å². The lowest BCUT2D eigenvalue weighted by molar-refractivity contribution is 0.391. The lowest BCUT2D eigenvalue weighted by Gasteiger charge is -2.06. The summed E-state index contributed by atoms with van der Waals surface area (Å²) in [5.74, 6) is 2.26. The minimum absolute atomic E-state index is 0.518. The number of aromatic nitrogens is 4. The summed E-state index contributed by atoms with van der Waals surface area (Å²) in [5.41, 5.74) is 5.50. The summed E-state index contributed by atoms with van der Waals surface area (Å²) in [5, 5.41) is 13.6. The molecule has 0 aliphatic rings. The van der Waals surface area contributed by atoms with Crippen LogP contribution in [-0.4, -0.2) is 20.3 Å².